The number of hydrogen-bond acceptors (Lipinski definition) is 7. The van der Waals surface area contributed by atoms with E-state index in [2.05, 4.69) is 15.8 Å². The maximum Gasteiger partial charge on any atom is 0.262 e. The van der Waals surface area contributed by atoms with Crippen molar-refractivity contribution in [2.75, 3.05) is 36.1 Å². The fourth-order valence-electron chi connectivity index (χ4n) is 3.22. The lowest BCUT2D eigenvalue weighted by Crippen LogP contribution is -2.39. The Morgan fingerprint density at radius 1 is 1.03 bits per heavy atom. The van der Waals surface area contributed by atoms with Crippen LogP contribution in [0.3, 0.4) is 0 Å². The van der Waals surface area contributed by atoms with Crippen LogP contribution in [0.25, 0.3) is 0 Å². The van der Waals surface area contributed by atoms with Gasteiger partial charge in [0.25, 0.3) is 11.8 Å². The van der Waals surface area contributed by atoms with Crippen LogP contribution >= 0.6 is 11.6 Å². The molecule has 0 saturated carbocycles. The smallest absolute Gasteiger partial charge is 0.262 e. The average Bonchev–Trinajstić information content (AvgIpc) is 2.87. The van der Waals surface area contributed by atoms with E-state index in [0.717, 1.165) is 16.1 Å². The number of ether oxygens (including phenoxy) is 2. The van der Waals surface area contributed by atoms with Crippen molar-refractivity contribution in [2.24, 2.45) is 5.10 Å². The van der Waals surface area contributed by atoms with Crippen molar-refractivity contribution in [3.8, 4) is 11.5 Å². The van der Waals surface area contributed by atoms with Gasteiger partial charge in [-0.1, -0.05) is 29.3 Å². The summed E-state index contributed by atoms with van der Waals surface area (Å²) in [4.78, 5) is 24.5. The first-order chi connectivity index (χ1) is 18.0. The van der Waals surface area contributed by atoms with Gasteiger partial charge in [-0.3, -0.25) is 13.9 Å². The number of carbonyl (C=O) groups excluding carboxylic acids is 2. The Morgan fingerprint density at radius 2 is 1.71 bits per heavy atom. The minimum Gasteiger partial charge on any atom is -0.495 e. The van der Waals surface area contributed by atoms with Crippen LogP contribution in [-0.4, -0.2) is 53.0 Å². The summed E-state index contributed by atoms with van der Waals surface area (Å²) in [5.41, 5.74) is 4.85. The normalized spacial score (nSPS) is 11.2. The molecule has 0 saturated heterocycles. The highest BCUT2D eigenvalue weighted by Gasteiger charge is 2.24. The zero-order valence-electron chi connectivity index (χ0n) is 21.0. The van der Waals surface area contributed by atoms with Crippen molar-refractivity contribution >= 4 is 51.0 Å². The SMILES string of the molecule is COc1ccc(Cl)cc1N(CC(=O)N/N=C\c1ccc(OCC(=O)Nc2ccc(C)cc2)cc1)S(C)(=O)=O. The molecule has 12 heteroatoms. The molecule has 2 N–H and O–H groups in total. The Morgan fingerprint density at radius 3 is 2.34 bits per heavy atom. The number of aryl methyl sites for hydroxylation is 1. The van der Waals surface area contributed by atoms with Crippen molar-refractivity contribution in [3.63, 3.8) is 0 Å². The van der Waals surface area contributed by atoms with Crippen LogP contribution in [0.15, 0.2) is 71.8 Å². The van der Waals surface area contributed by atoms with Crippen LogP contribution in [0.5, 0.6) is 11.5 Å². The number of nitrogens with one attached hydrogen (secondary N) is 2. The summed E-state index contributed by atoms with van der Waals surface area (Å²) in [6, 6.07) is 18.5. The van der Waals surface area contributed by atoms with Crippen LogP contribution in [0, 0.1) is 6.92 Å². The van der Waals surface area contributed by atoms with E-state index in [4.69, 9.17) is 21.1 Å². The molecular formula is C26H27ClN4O6S. The van der Waals surface area contributed by atoms with Crippen LogP contribution in [-0.2, 0) is 19.6 Å². The maximum absolute atomic E-state index is 12.4. The predicted octanol–water partition coefficient (Wildman–Crippen LogP) is 3.59. The van der Waals surface area contributed by atoms with Gasteiger partial charge in [0.05, 0.1) is 25.3 Å². The van der Waals surface area contributed by atoms with E-state index >= 15 is 0 Å². The van der Waals surface area contributed by atoms with E-state index < -0.39 is 22.5 Å². The second-order valence-electron chi connectivity index (χ2n) is 8.15. The van der Waals surface area contributed by atoms with E-state index in [0.29, 0.717) is 17.0 Å². The summed E-state index contributed by atoms with van der Waals surface area (Å²) < 4.78 is 36.3. The third-order valence-corrected chi connectivity index (χ3v) is 6.45. The number of benzene rings is 3. The highest BCUT2D eigenvalue weighted by molar-refractivity contribution is 7.92. The minimum absolute atomic E-state index is 0.129. The van der Waals surface area contributed by atoms with E-state index in [1.807, 2.05) is 31.2 Å². The molecule has 10 nitrogen and oxygen atoms in total. The topological polar surface area (TPSA) is 126 Å². The fourth-order valence-corrected chi connectivity index (χ4v) is 4.23. The molecule has 0 heterocycles. The Kier molecular flexibility index (Phi) is 9.69. The Bertz CT molecular complexity index is 1410. The molecule has 0 spiro atoms. The zero-order valence-corrected chi connectivity index (χ0v) is 22.5. The molecule has 3 aromatic rings. The molecule has 0 unspecified atom stereocenters. The monoisotopic (exact) mass is 558 g/mol. The van der Waals surface area contributed by atoms with Gasteiger partial charge in [-0.05, 0) is 67.1 Å². The van der Waals surface area contributed by atoms with Gasteiger partial charge < -0.3 is 14.8 Å². The standard InChI is InChI=1S/C26H27ClN4O6S/c1-18-4-9-21(10-5-18)29-26(33)17-37-22-11-6-19(7-12-22)15-28-30-25(32)16-31(38(3,34)35)23-14-20(27)8-13-24(23)36-2/h4-15H,16-17H2,1-3H3,(H,29,33)(H,30,32)/b28-15-. The lowest BCUT2D eigenvalue weighted by Gasteiger charge is -2.23. The van der Waals surface area contributed by atoms with Crippen LogP contribution in [0.4, 0.5) is 11.4 Å². The Hall–Kier alpha value is -4.09. The fraction of sp³-hybridized carbons (Fsp3) is 0.192. The van der Waals surface area contributed by atoms with Gasteiger partial charge in [0.15, 0.2) is 6.61 Å². The summed E-state index contributed by atoms with van der Waals surface area (Å²) in [5, 5.41) is 6.91. The molecule has 0 bridgehead atoms. The summed E-state index contributed by atoms with van der Waals surface area (Å²) in [6.07, 6.45) is 2.36. The van der Waals surface area contributed by atoms with Crippen molar-refractivity contribution in [1.82, 2.24) is 5.43 Å². The number of hydrazone groups is 1. The molecule has 0 aromatic heterocycles. The van der Waals surface area contributed by atoms with Gasteiger partial charge in [0.1, 0.15) is 18.0 Å². The number of carbonyl (C=O) groups is 2. The average molecular weight is 559 g/mol. The summed E-state index contributed by atoms with van der Waals surface area (Å²) in [7, 11) is -2.45. The number of sulfonamides is 1. The van der Waals surface area contributed by atoms with Gasteiger partial charge in [0.2, 0.25) is 10.0 Å². The van der Waals surface area contributed by atoms with E-state index in [9.17, 15) is 18.0 Å². The number of hydrogen-bond donors (Lipinski definition) is 2. The molecule has 0 aliphatic heterocycles. The number of anilines is 2. The van der Waals surface area contributed by atoms with E-state index in [1.54, 1.807) is 30.3 Å². The number of amides is 2. The summed E-state index contributed by atoms with van der Waals surface area (Å²) in [5.74, 6) is -0.246. The number of rotatable bonds is 11. The molecule has 0 fully saturated rings. The van der Waals surface area contributed by atoms with Gasteiger partial charge >= 0.3 is 0 Å². The molecule has 3 aromatic carbocycles. The maximum atomic E-state index is 12.4. The Labute approximate surface area is 226 Å². The second-order valence-corrected chi connectivity index (χ2v) is 10.5. The summed E-state index contributed by atoms with van der Waals surface area (Å²) >= 11 is 6.01. The van der Waals surface area contributed by atoms with Crippen molar-refractivity contribution in [1.29, 1.82) is 0 Å². The first-order valence-corrected chi connectivity index (χ1v) is 13.5. The van der Waals surface area contributed by atoms with Crippen LogP contribution < -0.4 is 24.5 Å². The first-order valence-electron chi connectivity index (χ1n) is 11.3. The molecule has 0 atom stereocenters. The summed E-state index contributed by atoms with van der Waals surface area (Å²) in [6.45, 7) is 1.26. The van der Waals surface area contributed by atoms with Gasteiger partial charge in [-0.2, -0.15) is 5.10 Å². The van der Waals surface area contributed by atoms with E-state index in [1.165, 1.54) is 25.5 Å². The van der Waals surface area contributed by atoms with Crippen molar-refractivity contribution in [2.45, 2.75) is 6.92 Å². The second kappa shape index (κ2) is 12.9. The predicted molar refractivity (Wildman–Crippen MR) is 148 cm³/mol. The lowest BCUT2D eigenvalue weighted by molar-refractivity contribution is -0.119. The number of nitrogens with zero attached hydrogens (tertiary/aromatic N) is 2. The van der Waals surface area contributed by atoms with Gasteiger partial charge in [-0.15, -0.1) is 0 Å². The Balaban J connectivity index is 1.53. The molecule has 3 rings (SSSR count). The lowest BCUT2D eigenvalue weighted by atomic mass is 10.2. The highest BCUT2D eigenvalue weighted by Crippen LogP contribution is 2.32. The molecule has 200 valence electrons. The molecule has 38 heavy (non-hydrogen) atoms. The minimum atomic E-state index is -3.84. The number of halogens is 1. The van der Waals surface area contributed by atoms with Crippen molar-refractivity contribution < 1.29 is 27.5 Å². The molecule has 0 aliphatic rings. The van der Waals surface area contributed by atoms with Gasteiger partial charge in [-0.25, -0.2) is 13.8 Å². The third kappa shape index (κ3) is 8.49. The highest BCUT2D eigenvalue weighted by atomic mass is 35.5. The number of methoxy groups -OCH3 is 1. The van der Waals surface area contributed by atoms with Crippen LogP contribution in [0.1, 0.15) is 11.1 Å². The third-order valence-electron chi connectivity index (χ3n) is 5.09. The van der Waals surface area contributed by atoms with Gasteiger partial charge in [0, 0.05) is 10.7 Å². The quantitative estimate of drug-likeness (QED) is 0.273. The molecule has 2 amide bonds. The largest absolute Gasteiger partial charge is 0.495 e. The van der Waals surface area contributed by atoms with E-state index in [-0.39, 0.29) is 29.0 Å². The molecule has 0 aliphatic carbocycles. The molecule has 0 radical (unpaired) electrons. The van der Waals surface area contributed by atoms with Crippen molar-refractivity contribution in [3.05, 3.63) is 82.9 Å². The molecular weight excluding hydrogens is 532 g/mol. The first kappa shape index (κ1) is 28.5. The van der Waals surface area contributed by atoms with Crippen LogP contribution in [0.2, 0.25) is 5.02 Å². The zero-order chi connectivity index (χ0) is 27.7.